The number of nitrogens with zero attached hydrogens (tertiary/aromatic N) is 2. The van der Waals surface area contributed by atoms with Crippen LogP contribution in [-0.4, -0.2) is 33.6 Å². The van der Waals surface area contributed by atoms with E-state index >= 15 is 0 Å². The lowest BCUT2D eigenvalue weighted by Crippen LogP contribution is -2.40. The summed E-state index contributed by atoms with van der Waals surface area (Å²) in [5, 5.41) is 21.1. The molecule has 0 aliphatic carbocycles. The van der Waals surface area contributed by atoms with E-state index < -0.39 is 12.3 Å². The number of rotatable bonds is 5. The summed E-state index contributed by atoms with van der Waals surface area (Å²) in [7, 11) is 0. The predicted octanol–water partition coefficient (Wildman–Crippen LogP) is 3.09. The van der Waals surface area contributed by atoms with E-state index in [1.54, 1.807) is 19.1 Å². The lowest BCUT2D eigenvalue weighted by atomic mass is 10.0. The minimum absolute atomic E-state index is 0.0943. The van der Waals surface area contributed by atoms with Crippen molar-refractivity contribution < 1.29 is 24.4 Å². The maximum atomic E-state index is 11.6. The van der Waals surface area contributed by atoms with Crippen molar-refractivity contribution in [1.82, 2.24) is 0 Å². The molecule has 0 aliphatic rings. The highest BCUT2D eigenvalue weighted by Gasteiger charge is 2.44. The molecule has 0 saturated heterocycles. The molecule has 0 amide bonds. The smallest absolute Gasteiger partial charge is 0.386 e. The molecular weight excluding hydrogens is 367 g/mol. The van der Waals surface area contributed by atoms with Crippen molar-refractivity contribution in [2.24, 2.45) is 4.99 Å². The second-order valence-electron chi connectivity index (χ2n) is 5.23. The highest BCUT2D eigenvalue weighted by molar-refractivity contribution is 6.34. The van der Waals surface area contributed by atoms with Gasteiger partial charge in [0.2, 0.25) is 11.8 Å². The van der Waals surface area contributed by atoms with Crippen LogP contribution in [0.5, 0.6) is 0 Å². The van der Waals surface area contributed by atoms with Crippen molar-refractivity contribution >= 4 is 46.7 Å². The van der Waals surface area contributed by atoms with Gasteiger partial charge in [0.25, 0.3) is 0 Å². The average molecular weight is 380 g/mol. The van der Waals surface area contributed by atoms with E-state index in [2.05, 4.69) is 4.99 Å². The summed E-state index contributed by atoms with van der Waals surface area (Å²) in [4.78, 5) is 25.6. The standard InChI is InChI=1S/C17H13Cl2N2O4/c1-11-2-3-15(7-16(11)20-9-23)21(10-24)17(25,8-22)12-4-13(18)6-14(19)5-12/h2-7,22,25H,8H2,1H3/q+1. The number of aliphatic hydroxyl groups is 2. The van der Waals surface area contributed by atoms with Crippen molar-refractivity contribution in [2.45, 2.75) is 12.6 Å². The molecule has 1 atom stereocenters. The highest BCUT2D eigenvalue weighted by Crippen LogP contribution is 2.34. The van der Waals surface area contributed by atoms with Gasteiger partial charge in [0.1, 0.15) is 6.61 Å². The van der Waals surface area contributed by atoms with Crippen LogP contribution in [0.1, 0.15) is 11.1 Å². The van der Waals surface area contributed by atoms with E-state index in [0.717, 1.165) is 4.58 Å². The molecule has 2 aromatic rings. The Balaban J connectivity index is 2.67. The van der Waals surface area contributed by atoms with Gasteiger partial charge < -0.3 is 10.2 Å². The number of benzene rings is 2. The number of isocyanates is 2. The van der Waals surface area contributed by atoms with Crippen molar-refractivity contribution in [3.8, 4) is 0 Å². The molecule has 25 heavy (non-hydrogen) atoms. The summed E-state index contributed by atoms with van der Waals surface area (Å²) in [5.41, 5.74) is -0.999. The zero-order valence-corrected chi connectivity index (χ0v) is 14.5. The molecular formula is C17H13Cl2N2O4+. The Labute approximate surface area is 153 Å². The van der Waals surface area contributed by atoms with Crippen LogP contribution in [0.2, 0.25) is 10.0 Å². The first-order valence-corrected chi connectivity index (χ1v) is 7.77. The molecule has 8 heteroatoms. The van der Waals surface area contributed by atoms with Crippen molar-refractivity contribution in [3.63, 3.8) is 0 Å². The molecule has 2 aromatic carbocycles. The summed E-state index contributed by atoms with van der Waals surface area (Å²) in [6.07, 6.45) is 3.00. The maximum Gasteiger partial charge on any atom is 0.433 e. The van der Waals surface area contributed by atoms with Crippen molar-refractivity contribution in [2.75, 3.05) is 6.61 Å². The van der Waals surface area contributed by atoms with Gasteiger partial charge in [-0.15, -0.1) is 0 Å². The number of hydrogen-bond acceptors (Lipinski definition) is 5. The number of aliphatic imine (C=N–C) groups is 1. The van der Waals surface area contributed by atoms with E-state index in [1.165, 1.54) is 36.4 Å². The third-order valence-electron chi connectivity index (χ3n) is 3.62. The van der Waals surface area contributed by atoms with Crippen LogP contribution in [0, 0.1) is 6.92 Å². The number of carbonyl (C=O) groups excluding carboxylic acids is 2. The zero-order chi connectivity index (χ0) is 18.6. The van der Waals surface area contributed by atoms with E-state index in [1.807, 2.05) is 0 Å². The van der Waals surface area contributed by atoms with Gasteiger partial charge >= 0.3 is 11.8 Å². The summed E-state index contributed by atoms with van der Waals surface area (Å²) in [5.74, 6) is 0. The van der Waals surface area contributed by atoms with Crippen LogP contribution >= 0.6 is 23.2 Å². The number of aliphatic hydroxyl groups excluding tert-OH is 1. The fraction of sp³-hybridized carbons (Fsp3) is 0.176. The molecule has 0 heterocycles. The maximum absolute atomic E-state index is 11.6. The van der Waals surface area contributed by atoms with Gasteiger partial charge in [-0.2, -0.15) is 9.79 Å². The van der Waals surface area contributed by atoms with E-state index in [9.17, 15) is 19.8 Å². The summed E-state index contributed by atoms with van der Waals surface area (Å²) in [6, 6.07) is 8.68. The van der Waals surface area contributed by atoms with Gasteiger partial charge in [-0.05, 0) is 30.7 Å². The van der Waals surface area contributed by atoms with Gasteiger partial charge in [0.15, 0.2) is 0 Å². The molecule has 0 saturated carbocycles. The van der Waals surface area contributed by atoms with Gasteiger partial charge in [-0.25, -0.2) is 4.79 Å². The van der Waals surface area contributed by atoms with Crippen LogP contribution in [0.25, 0.3) is 0 Å². The van der Waals surface area contributed by atoms with Crippen molar-refractivity contribution in [3.05, 3.63) is 57.6 Å². The summed E-state index contributed by atoms with van der Waals surface area (Å²) >= 11 is 11.9. The Kier molecular flexibility index (Phi) is 5.88. The van der Waals surface area contributed by atoms with Crippen molar-refractivity contribution in [1.29, 1.82) is 0 Å². The van der Waals surface area contributed by atoms with Crippen LogP contribution in [0.15, 0.2) is 41.4 Å². The molecule has 6 nitrogen and oxygen atoms in total. The first-order chi connectivity index (χ1) is 11.8. The summed E-state index contributed by atoms with van der Waals surface area (Å²) < 4.78 is 0.776. The topological polar surface area (TPSA) is 90.0 Å². The molecule has 0 aliphatic heterocycles. The van der Waals surface area contributed by atoms with E-state index in [-0.39, 0.29) is 27.0 Å². The summed E-state index contributed by atoms with van der Waals surface area (Å²) in [6.45, 7) is 0.864. The zero-order valence-electron chi connectivity index (χ0n) is 13.0. The Bertz CT molecular complexity index is 899. The fourth-order valence-corrected chi connectivity index (χ4v) is 2.85. The normalized spacial score (nSPS) is 12.7. The second-order valence-corrected chi connectivity index (χ2v) is 6.11. The molecule has 2 N–H and O–H groups in total. The molecule has 0 bridgehead atoms. The quantitative estimate of drug-likeness (QED) is 0.361. The largest absolute Gasteiger partial charge is 0.433 e. The first kappa shape index (κ1) is 19.0. The molecule has 0 radical (unpaired) electrons. The third kappa shape index (κ3) is 3.86. The molecule has 0 spiro atoms. The minimum Gasteiger partial charge on any atom is -0.386 e. The van der Waals surface area contributed by atoms with Gasteiger partial charge in [0, 0.05) is 22.2 Å². The second kappa shape index (κ2) is 7.72. The SMILES string of the molecule is Cc1ccc([N+](=C=O)C(O)(CO)c2cc(Cl)cc(Cl)c2)cc1N=C=O. The van der Waals surface area contributed by atoms with Gasteiger partial charge in [-0.3, -0.25) is 0 Å². The van der Waals surface area contributed by atoms with E-state index in [4.69, 9.17) is 23.2 Å². The Morgan fingerprint density at radius 1 is 1.16 bits per heavy atom. The number of hydrogen-bond donors (Lipinski definition) is 2. The number of halogens is 2. The first-order valence-electron chi connectivity index (χ1n) is 7.02. The predicted molar refractivity (Wildman–Crippen MR) is 92.0 cm³/mol. The lowest BCUT2D eigenvalue weighted by Gasteiger charge is -2.21. The molecule has 2 rings (SSSR count). The Hall–Kier alpha value is -2.30. The van der Waals surface area contributed by atoms with Crippen LogP contribution in [0.3, 0.4) is 0 Å². The van der Waals surface area contributed by atoms with Crippen LogP contribution < -0.4 is 0 Å². The fourth-order valence-electron chi connectivity index (χ4n) is 2.32. The molecule has 0 aromatic heterocycles. The molecule has 128 valence electrons. The van der Waals surface area contributed by atoms with Gasteiger partial charge in [-0.1, -0.05) is 33.8 Å². The minimum atomic E-state index is -2.17. The van der Waals surface area contributed by atoms with Crippen LogP contribution in [-0.2, 0) is 15.3 Å². The third-order valence-corrected chi connectivity index (χ3v) is 4.06. The number of aryl methyl sites for hydroxylation is 1. The molecule has 0 fully saturated rings. The highest BCUT2D eigenvalue weighted by atomic mass is 35.5. The lowest BCUT2D eigenvalue weighted by molar-refractivity contribution is -0.607. The van der Waals surface area contributed by atoms with Gasteiger partial charge in [0.05, 0.1) is 11.3 Å². The molecule has 1 unspecified atom stereocenters. The Morgan fingerprint density at radius 2 is 1.80 bits per heavy atom. The van der Waals surface area contributed by atoms with E-state index in [0.29, 0.717) is 5.56 Å². The van der Waals surface area contributed by atoms with Crippen LogP contribution in [0.4, 0.5) is 11.4 Å². The Morgan fingerprint density at radius 3 is 2.32 bits per heavy atom. The average Bonchev–Trinajstić information content (AvgIpc) is 2.57. The monoisotopic (exact) mass is 379 g/mol.